The first-order chi connectivity index (χ1) is 8.26. The molecule has 0 saturated heterocycles. The molecule has 0 bridgehead atoms. The summed E-state index contributed by atoms with van der Waals surface area (Å²) in [6.07, 6.45) is 1.69. The lowest BCUT2D eigenvalue weighted by atomic mass is 10.1. The van der Waals surface area contributed by atoms with Crippen LogP contribution in [-0.4, -0.2) is 10.2 Å². The zero-order valence-electron chi connectivity index (χ0n) is 8.64. The van der Waals surface area contributed by atoms with Gasteiger partial charge in [0.2, 0.25) is 0 Å². The molecule has 5 nitrogen and oxygen atoms in total. The van der Waals surface area contributed by atoms with Crippen LogP contribution in [0.2, 0.25) is 0 Å². The normalized spacial score (nSPS) is 10.8. The molecule has 0 atom stereocenters. The van der Waals surface area contributed by atoms with E-state index in [9.17, 15) is 0 Å². The van der Waals surface area contributed by atoms with Gasteiger partial charge in [-0.05, 0) is 17.5 Å². The molecule has 0 aliphatic heterocycles. The van der Waals surface area contributed by atoms with Gasteiger partial charge in [-0.1, -0.05) is 6.07 Å². The van der Waals surface area contributed by atoms with Gasteiger partial charge < -0.3 is 5.73 Å². The number of thiophene rings is 1. The van der Waals surface area contributed by atoms with Crippen LogP contribution in [0.1, 0.15) is 16.1 Å². The smallest absolute Gasteiger partial charge is 0.163 e. The third-order valence-electron chi connectivity index (χ3n) is 2.13. The van der Waals surface area contributed by atoms with Gasteiger partial charge in [-0.15, -0.1) is 11.3 Å². The maximum absolute atomic E-state index is 9.10. The van der Waals surface area contributed by atoms with E-state index in [4.69, 9.17) is 16.3 Å². The molecule has 0 amide bonds. The fourth-order valence-corrected chi connectivity index (χ4v) is 2.00. The minimum atomic E-state index is 0.106. The maximum atomic E-state index is 9.10. The Kier molecular flexibility index (Phi) is 2.91. The van der Waals surface area contributed by atoms with Crippen molar-refractivity contribution in [3.63, 3.8) is 0 Å². The number of H-pyrrole nitrogens is 1. The molecule has 0 fully saturated rings. The maximum Gasteiger partial charge on any atom is 0.163 e. The first-order valence-corrected chi connectivity index (χ1v) is 5.54. The molecule has 0 radical (unpaired) electrons. The highest BCUT2D eigenvalue weighted by Gasteiger charge is 2.14. The van der Waals surface area contributed by atoms with Crippen LogP contribution in [-0.2, 0) is 0 Å². The van der Waals surface area contributed by atoms with E-state index in [1.54, 1.807) is 6.08 Å². The Labute approximate surface area is 101 Å². The highest BCUT2D eigenvalue weighted by Crippen LogP contribution is 2.23. The molecule has 0 unspecified atom stereocenters. The average molecular weight is 241 g/mol. The summed E-state index contributed by atoms with van der Waals surface area (Å²) < 4.78 is 0. The minimum absolute atomic E-state index is 0.106. The summed E-state index contributed by atoms with van der Waals surface area (Å²) in [4.78, 5) is 0.929. The molecule has 3 N–H and O–H groups in total. The number of nitrogens with two attached hydrogens (primary N) is 1. The van der Waals surface area contributed by atoms with E-state index in [-0.39, 0.29) is 11.4 Å². The zero-order valence-corrected chi connectivity index (χ0v) is 9.45. The summed E-state index contributed by atoms with van der Waals surface area (Å²) in [7, 11) is 0. The summed E-state index contributed by atoms with van der Waals surface area (Å²) in [5.41, 5.74) is 6.42. The van der Waals surface area contributed by atoms with Crippen LogP contribution in [0.4, 0.5) is 5.82 Å². The van der Waals surface area contributed by atoms with Gasteiger partial charge in [-0.2, -0.15) is 15.6 Å². The van der Waals surface area contributed by atoms with Gasteiger partial charge in [0.05, 0.1) is 11.3 Å². The van der Waals surface area contributed by atoms with Crippen LogP contribution in [0.15, 0.2) is 17.5 Å². The number of hydrogen-bond donors (Lipinski definition) is 2. The Balaban J connectivity index is 2.51. The molecule has 0 aromatic carbocycles. The molecular formula is C11H7N5S. The number of nitriles is 2. The van der Waals surface area contributed by atoms with E-state index in [0.717, 1.165) is 4.88 Å². The minimum Gasteiger partial charge on any atom is -0.381 e. The molecular weight excluding hydrogens is 234 g/mol. The topological polar surface area (TPSA) is 102 Å². The SMILES string of the molecule is N#C/C(=C\c1cccs1)c1[nH]nc(N)c1C#N. The fourth-order valence-electron chi connectivity index (χ4n) is 1.34. The standard InChI is InChI=1S/C11H7N5S/c12-5-7(4-8-2-1-3-17-8)10-9(6-13)11(14)16-15-10/h1-4H,(H3,14,15,16)/b7-4+. The molecule has 0 saturated carbocycles. The van der Waals surface area contributed by atoms with Crippen molar-refractivity contribution >= 4 is 28.8 Å². The lowest BCUT2D eigenvalue weighted by Crippen LogP contribution is -1.89. The van der Waals surface area contributed by atoms with Crippen molar-refractivity contribution in [2.24, 2.45) is 0 Å². The van der Waals surface area contributed by atoms with Crippen LogP contribution in [0, 0.1) is 22.7 Å². The molecule has 6 heteroatoms. The molecule has 0 aliphatic carbocycles. The Morgan fingerprint density at radius 3 is 2.94 bits per heavy atom. The van der Waals surface area contributed by atoms with Crippen molar-refractivity contribution in [2.45, 2.75) is 0 Å². The number of nitrogens with zero attached hydrogens (tertiary/aromatic N) is 3. The molecule has 2 rings (SSSR count). The van der Waals surface area contributed by atoms with E-state index in [1.807, 2.05) is 29.7 Å². The van der Waals surface area contributed by atoms with Crippen molar-refractivity contribution in [1.82, 2.24) is 10.2 Å². The number of allylic oxidation sites excluding steroid dienone is 1. The van der Waals surface area contributed by atoms with Crippen molar-refractivity contribution in [3.05, 3.63) is 33.6 Å². The number of nitrogens with one attached hydrogen (secondary N) is 1. The molecule has 2 aromatic heterocycles. The van der Waals surface area contributed by atoms with E-state index < -0.39 is 0 Å². The van der Waals surface area contributed by atoms with Crippen molar-refractivity contribution in [3.8, 4) is 12.1 Å². The predicted molar refractivity (Wildman–Crippen MR) is 65.5 cm³/mol. The number of aromatic amines is 1. The molecule has 2 aromatic rings. The fraction of sp³-hybridized carbons (Fsp3) is 0. The van der Waals surface area contributed by atoms with Gasteiger partial charge in [0, 0.05) is 4.88 Å². The van der Waals surface area contributed by atoms with Crippen molar-refractivity contribution in [1.29, 1.82) is 10.5 Å². The summed E-state index contributed by atoms with van der Waals surface area (Å²) in [6.45, 7) is 0. The van der Waals surface area contributed by atoms with Crippen LogP contribution in [0.25, 0.3) is 11.6 Å². The molecule has 0 spiro atoms. The Bertz CT molecular complexity index is 636. The summed E-state index contributed by atoms with van der Waals surface area (Å²) >= 11 is 1.51. The lowest BCUT2D eigenvalue weighted by molar-refractivity contribution is 1.08. The Morgan fingerprint density at radius 1 is 1.53 bits per heavy atom. The predicted octanol–water partition coefficient (Wildman–Crippen LogP) is 1.99. The second kappa shape index (κ2) is 4.52. The second-order valence-electron chi connectivity index (χ2n) is 3.16. The summed E-state index contributed by atoms with van der Waals surface area (Å²) in [5.74, 6) is 0.106. The number of rotatable bonds is 2. The van der Waals surface area contributed by atoms with Gasteiger partial charge in [0.15, 0.2) is 5.82 Å². The molecule has 17 heavy (non-hydrogen) atoms. The average Bonchev–Trinajstić information content (AvgIpc) is 2.95. The van der Waals surface area contributed by atoms with Crippen molar-refractivity contribution < 1.29 is 0 Å². The summed E-state index contributed by atoms with van der Waals surface area (Å²) in [5, 5.41) is 26.3. The highest BCUT2D eigenvalue weighted by molar-refractivity contribution is 7.10. The number of aromatic nitrogens is 2. The van der Waals surface area contributed by atoms with E-state index in [0.29, 0.717) is 11.3 Å². The third-order valence-corrected chi connectivity index (χ3v) is 2.94. The van der Waals surface area contributed by atoms with Gasteiger partial charge >= 0.3 is 0 Å². The molecule has 2 heterocycles. The molecule has 0 aliphatic rings. The first-order valence-electron chi connectivity index (χ1n) is 4.66. The van der Waals surface area contributed by atoms with Crippen LogP contribution < -0.4 is 5.73 Å². The first kappa shape index (κ1) is 10.9. The Morgan fingerprint density at radius 2 is 2.35 bits per heavy atom. The monoisotopic (exact) mass is 241 g/mol. The van der Waals surface area contributed by atoms with E-state index >= 15 is 0 Å². The number of nitrogen functional groups attached to an aromatic ring is 1. The number of anilines is 1. The Hall–Kier alpha value is -2.57. The quantitative estimate of drug-likeness (QED) is 0.785. The highest BCUT2D eigenvalue weighted by atomic mass is 32.1. The van der Waals surface area contributed by atoms with Gasteiger partial charge in [-0.3, -0.25) is 5.10 Å². The van der Waals surface area contributed by atoms with E-state index in [2.05, 4.69) is 10.2 Å². The van der Waals surface area contributed by atoms with E-state index in [1.165, 1.54) is 11.3 Å². The van der Waals surface area contributed by atoms with Gasteiger partial charge in [0.1, 0.15) is 17.7 Å². The van der Waals surface area contributed by atoms with Crippen LogP contribution in [0.5, 0.6) is 0 Å². The van der Waals surface area contributed by atoms with Crippen LogP contribution in [0.3, 0.4) is 0 Å². The zero-order chi connectivity index (χ0) is 12.3. The molecule has 82 valence electrons. The largest absolute Gasteiger partial charge is 0.381 e. The van der Waals surface area contributed by atoms with Gasteiger partial charge in [0.25, 0.3) is 0 Å². The number of hydrogen-bond acceptors (Lipinski definition) is 5. The van der Waals surface area contributed by atoms with Crippen LogP contribution >= 0.6 is 11.3 Å². The van der Waals surface area contributed by atoms with Crippen molar-refractivity contribution in [2.75, 3.05) is 5.73 Å². The van der Waals surface area contributed by atoms with Gasteiger partial charge in [-0.25, -0.2) is 0 Å². The lowest BCUT2D eigenvalue weighted by Gasteiger charge is -1.94. The summed E-state index contributed by atoms with van der Waals surface area (Å²) in [6, 6.07) is 7.74. The third kappa shape index (κ3) is 2.03. The second-order valence-corrected chi connectivity index (χ2v) is 4.14.